The number of benzene rings is 2. The van der Waals surface area contributed by atoms with Gasteiger partial charge in [-0.25, -0.2) is 0 Å². The SMILES string of the molecule is O=[N+]([O-])c1ccc(N2CCC(C(F)(F)F)CC2)c(C=NOCc2ccc(Cl)cc2)c1. The molecule has 0 spiro atoms. The van der Waals surface area contributed by atoms with Crippen LogP contribution in [0.5, 0.6) is 0 Å². The van der Waals surface area contributed by atoms with Crippen LogP contribution >= 0.6 is 11.6 Å². The van der Waals surface area contributed by atoms with E-state index >= 15 is 0 Å². The number of non-ortho nitro benzene ring substituents is 1. The summed E-state index contributed by atoms with van der Waals surface area (Å²) in [7, 11) is 0. The van der Waals surface area contributed by atoms with Gasteiger partial charge in [-0.1, -0.05) is 28.9 Å². The summed E-state index contributed by atoms with van der Waals surface area (Å²) in [6, 6.07) is 11.2. The molecule has 1 aliphatic heterocycles. The first-order chi connectivity index (χ1) is 14.2. The monoisotopic (exact) mass is 441 g/mol. The number of oxime groups is 1. The van der Waals surface area contributed by atoms with E-state index in [-0.39, 0.29) is 38.2 Å². The normalized spacial score (nSPS) is 15.5. The number of hydrogen-bond donors (Lipinski definition) is 0. The average Bonchev–Trinajstić information content (AvgIpc) is 2.72. The van der Waals surface area contributed by atoms with Crippen LogP contribution in [0.2, 0.25) is 5.02 Å². The van der Waals surface area contributed by atoms with Gasteiger partial charge in [0.05, 0.1) is 17.1 Å². The molecule has 0 amide bonds. The Labute approximate surface area is 176 Å². The van der Waals surface area contributed by atoms with Gasteiger partial charge >= 0.3 is 6.18 Å². The Balaban J connectivity index is 1.72. The zero-order valence-corrected chi connectivity index (χ0v) is 16.6. The first kappa shape index (κ1) is 21.9. The Hall–Kier alpha value is -2.81. The molecule has 10 heteroatoms. The molecule has 6 nitrogen and oxygen atoms in total. The number of nitro benzene ring substituents is 1. The van der Waals surface area contributed by atoms with Gasteiger partial charge in [0.15, 0.2) is 0 Å². The molecular weight excluding hydrogens is 423 g/mol. The molecule has 0 aromatic heterocycles. The van der Waals surface area contributed by atoms with Crippen molar-refractivity contribution in [3.8, 4) is 0 Å². The summed E-state index contributed by atoms with van der Waals surface area (Å²) in [6.45, 7) is 0.581. The van der Waals surface area contributed by atoms with E-state index in [0.717, 1.165) is 5.56 Å². The van der Waals surface area contributed by atoms with Crippen molar-refractivity contribution in [3.05, 3.63) is 68.7 Å². The third-order valence-electron chi connectivity index (χ3n) is 4.93. The summed E-state index contributed by atoms with van der Waals surface area (Å²) in [5, 5.41) is 15.6. The summed E-state index contributed by atoms with van der Waals surface area (Å²) < 4.78 is 38.8. The van der Waals surface area contributed by atoms with Gasteiger partial charge in [-0.2, -0.15) is 13.2 Å². The third kappa shape index (κ3) is 5.63. The van der Waals surface area contributed by atoms with Crippen LogP contribution in [0.15, 0.2) is 47.6 Å². The van der Waals surface area contributed by atoms with E-state index in [0.29, 0.717) is 16.3 Å². The largest absolute Gasteiger partial charge is 0.391 e. The molecule has 30 heavy (non-hydrogen) atoms. The molecule has 1 fully saturated rings. The van der Waals surface area contributed by atoms with Crippen molar-refractivity contribution >= 4 is 29.2 Å². The zero-order chi connectivity index (χ0) is 21.7. The number of hydrogen-bond acceptors (Lipinski definition) is 5. The maximum absolute atomic E-state index is 12.9. The second-order valence-electron chi connectivity index (χ2n) is 6.94. The Bertz CT molecular complexity index is 912. The second-order valence-corrected chi connectivity index (χ2v) is 7.37. The highest BCUT2D eigenvalue weighted by atomic mass is 35.5. The summed E-state index contributed by atoms with van der Waals surface area (Å²) in [6.07, 6.45) is -2.91. The van der Waals surface area contributed by atoms with Crippen molar-refractivity contribution in [1.29, 1.82) is 0 Å². The van der Waals surface area contributed by atoms with Crippen LogP contribution in [-0.4, -0.2) is 30.4 Å². The highest BCUT2D eigenvalue weighted by molar-refractivity contribution is 6.30. The van der Waals surface area contributed by atoms with Gasteiger partial charge in [-0.05, 0) is 36.6 Å². The van der Waals surface area contributed by atoms with Gasteiger partial charge in [0, 0.05) is 41.5 Å². The lowest BCUT2D eigenvalue weighted by Crippen LogP contribution is -2.39. The second kappa shape index (κ2) is 9.34. The van der Waals surface area contributed by atoms with Crippen LogP contribution in [0.4, 0.5) is 24.5 Å². The van der Waals surface area contributed by atoms with Crippen LogP contribution in [0.1, 0.15) is 24.0 Å². The summed E-state index contributed by atoms with van der Waals surface area (Å²) in [4.78, 5) is 17.6. The van der Waals surface area contributed by atoms with Gasteiger partial charge in [-0.15, -0.1) is 0 Å². The Morgan fingerprint density at radius 2 is 1.87 bits per heavy atom. The molecule has 3 rings (SSSR count). The molecule has 0 saturated carbocycles. The molecule has 0 bridgehead atoms. The standard InChI is InChI=1S/C20H19ClF3N3O3/c21-17-3-1-14(2-4-17)13-30-25-12-15-11-18(27(28)29)5-6-19(15)26-9-7-16(8-10-26)20(22,23)24/h1-6,11-12,16H,7-10,13H2. The summed E-state index contributed by atoms with van der Waals surface area (Å²) in [5.41, 5.74) is 1.69. The number of nitro groups is 1. The highest BCUT2D eigenvalue weighted by Gasteiger charge is 2.41. The summed E-state index contributed by atoms with van der Waals surface area (Å²) >= 11 is 5.83. The third-order valence-corrected chi connectivity index (χ3v) is 5.18. The van der Waals surface area contributed by atoms with E-state index in [1.165, 1.54) is 24.4 Å². The maximum Gasteiger partial charge on any atom is 0.391 e. The highest BCUT2D eigenvalue weighted by Crippen LogP contribution is 2.36. The van der Waals surface area contributed by atoms with Crippen LogP contribution in [0, 0.1) is 16.0 Å². The van der Waals surface area contributed by atoms with Gasteiger partial charge in [-0.3, -0.25) is 10.1 Å². The first-order valence-electron chi connectivity index (χ1n) is 9.24. The topological polar surface area (TPSA) is 68.0 Å². The molecule has 0 atom stereocenters. The van der Waals surface area contributed by atoms with E-state index < -0.39 is 17.0 Å². The van der Waals surface area contributed by atoms with Gasteiger partial charge in [0.25, 0.3) is 5.69 Å². The van der Waals surface area contributed by atoms with Crippen LogP contribution in [-0.2, 0) is 11.4 Å². The van der Waals surface area contributed by atoms with Crippen molar-refractivity contribution in [2.75, 3.05) is 18.0 Å². The molecule has 0 unspecified atom stereocenters. The van der Waals surface area contributed by atoms with Crippen molar-refractivity contribution in [3.63, 3.8) is 0 Å². The fraction of sp³-hybridized carbons (Fsp3) is 0.350. The molecule has 1 heterocycles. The van der Waals surface area contributed by atoms with E-state index in [2.05, 4.69) is 5.16 Å². The predicted molar refractivity (Wildman–Crippen MR) is 108 cm³/mol. The Morgan fingerprint density at radius 1 is 1.20 bits per heavy atom. The lowest BCUT2D eigenvalue weighted by molar-refractivity contribution is -0.384. The Morgan fingerprint density at radius 3 is 2.47 bits per heavy atom. The molecule has 160 valence electrons. The van der Waals surface area contributed by atoms with Crippen molar-refractivity contribution in [1.82, 2.24) is 0 Å². The lowest BCUT2D eigenvalue weighted by atomic mass is 9.95. The summed E-state index contributed by atoms with van der Waals surface area (Å²) in [5.74, 6) is -1.33. The van der Waals surface area contributed by atoms with Crippen LogP contribution in [0.3, 0.4) is 0 Å². The molecule has 1 saturated heterocycles. The zero-order valence-electron chi connectivity index (χ0n) is 15.8. The van der Waals surface area contributed by atoms with Gasteiger partial charge in [0.2, 0.25) is 0 Å². The van der Waals surface area contributed by atoms with E-state index in [4.69, 9.17) is 16.4 Å². The van der Waals surface area contributed by atoms with E-state index in [1.807, 2.05) is 0 Å². The molecule has 2 aromatic carbocycles. The smallest absolute Gasteiger partial charge is 0.391 e. The van der Waals surface area contributed by atoms with Crippen LogP contribution in [0.25, 0.3) is 0 Å². The molecule has 2 aromatic rings. The lowest BCUT2D eigenvalue weighted by Gasteiger charge is -2.35. The van der Waals surface area contributed by atoms with E-state index in [9.17, 15) is 23.3 Å². The predicted octanol–water partition coefficient (Wildman–Crippen LogP) is 5.58. The minimum Gasteiger partial charge on any atom is -0.391 e. The molecule has 0 radical (unpaired) electrons. The number of anilines is 1. The number of alkyl halides is 3. The van der Waals surface area contributed by atoms with E-state index in [1.54, 1.807) is 29.2 Å². The first-order valence-corrected chi connectivity index (χ1v) is 9.61. The number of nitrogens with zero attached hydrogens (tertiary/aromatic N) is 3. The molecule has 0 N–H and O–H groups in total. The fourth-order valence-electron chi connectivity index (χ4n) is 3.28. The van der Waals surface area contributed by atoms with Crippen molar-refractivity contribution in [2.24, 2.45) is 11.1 Å². The number of rotatable bonds is 6. The van der Waals surface area contributed by atoms with Crippen molar-refractivity contribution in [2.45, 2.75) is 25.6 Å². The molecule has 0 aliphatic carbocycles. The Kier molecular flexibility index (Phi) is 6.81. The molecule has 1 aliphatic rings. The number of piperidine rings is 1. The average molecular weight is 442 g/mol. The maximum atomic E-state index is 12.9. The van der Waals surface area contributed by atoms with Gasteiger partial charge < -0.3 is 9.74 Å². The van der Waals surface area contributed by atoms with Gasteiger partial charge in [0.1, 0.15) is 6.61 Å². The van der Waals surface area contributed by atoms with Crippen molar-refractivity contribution < 1.29 is 22.9 Å². The minimum atomic E-state index is -4.21. The fourth-order valence-corrected chi connectivity index (χ4v) is 3.41. The van der Waals surface area contributed by atoms with Crippen LogP contribution < -0.4 is 4.90 Å². The molecular formula is C20H19ClF3N3O3. The minimum absolute atomic E-state index is 0.0237. The number of halogens is 4. The quantitative estimate of drug-likeness (QED) is 0.333.